The normalized spacial score (nSPS) is 18.4. The molecule has 1 heterocycles. The second-order valence-corrected chi connectivity index (χ2v) is 5.54. The second-order valence-electron chi connectivity index (χ2n) is 4.37. The number of nitrogens with zero attached hydrogens (tertiary/aromatic N) is 1. The van der Waals surface area contributed by atoms with Crippen LogP contribution in [-0.4, -0.2) is 37.2 Å². The highest BCUT2D eigenvalue weighted by Crippen LogP contribution is 2.32. The van der Waals surface area contributed by atoms with E-state index in [9.17, 15) is 4.79 Å². The molecular weight excluding hydrogens is 234 g/mol. The molecule has 2 rings (SSSR count). The van der Waals surface area contributed by atoms with Crippen molar-refractivity contribution in [1.29, 1.82) is 0 Å². The van der Waals surface area contributed by atoms with Gasteiger partial charge in [-0.15, -0.1) is 11.8 Å². The quantitative estimate of drug-likeness (QED) is 0.792. The Balaban J connectivity index is 2.03. The van der Waals surface area contributed by atoms with Gasteiger partial charge in [-0.2, -0.15) is 0 Å². The molecular formula is C12H17N3OS. The fourth-order valence-electron chi connectivity index (χ4n) is 1.70. The fourth-order valence-corrected chi connectivity index (χ4v) is 2.76. The highest BCUT2D eigenvalue weighted by atomic mass is 32.2. The monoisotopic (exact) mass is 251 g/mol. The van der Waals surface area contributed by atoms with Gasteiger partial charge in [0, 0.05) is 28.4 Å². The van der Waals surface area contributed by atoms with Crippen molar-refractivity contribution in [3.05, 3.63) is 23.8 Å². The summed E-state index contributed by atoms with van der Waals surface area (Å²) in [5.74, 6) is 0.918. The summed E-state index contributed by atoms with van der Waals surface area (Å²) in [6, 6.07) is 5.46. The summed E-state index contributed by atoms with van der Waals surface area (Å²) in [4.78, 5) is 14.7. The van der Waals surface area contributed by atoms with E-state index in [1.54, 1.807) is 11.8 Å². The summed E-state index contributed by atoms with van der Waals surface area (Å²) in [7, 11) is 4.12. The number of hydrogen-bond donors (Lipinski definition) is 2. The van der Waals surface area contributed by atoms with Crippen LogP contribution in [0.3, 0.4) is 0 Å². The van der Waals surface area contributed by atoms with E-state index in [1.165, 1.54) is 4.90 Å². The van der Waals surface area contributed by atoms with Gasteiger partial charge in [0.25, 0.3) is 0 Å². The molecule has 1 atom stereocenters. The van der Waals surface area contributed by atoms with Crippen LogP contribution in [0.5, 0.6) is 0 Å². The van der Waals surface area contributed by atoms with Crippen molar-refractivity contribution in [3.63, 3.8) is 0 Å². The van der Waals surface area contributed by atoms with E-state index >= 15 is 0 Å². The van der Waals surface area contributed by atoms with Crippen LogP contribution in [0.15, 0.2) is 23.1 Å². The summed E-state index contributed by atoms with van der Waals surface area (Å²) in [6.07, 6.45) is 0. The van der Waals surface area contributed by atoms with Gasteiger partial charge in [-0.1, -0.05) is 6.07 Å². The third-order valence-electron chi connectivity index (χ3n) is 2.71. The Labute approximate surface area is 106 Å². The molecule has 0 bridgehead atoms. The van der Waals surface area contributed by atoms with Crippen molar-refractivity contribution in [3.8, 4) is 0 Å². The number of fused-ring (bicyclic) bond motifs is 1. The number of thioether (sulfide) groups is 1. The number of amides is 1. The molecule has 0 saturated carbocycles. The van der Waals surface area contributed by atoms with Crippen LogP contribution in [0.2, 0.25) is 0 Å². The first-order valence-electron chi connectivity index (χ1n) is 5.56. The highest BCUT2D eigenvalue weighted by molar-refractivity contribution is 7.99. The molecule has 0 spiro atoms. The average Bonchev–Trinajstić information content (AvgIpc) is 2.54. The Hall–Kier alpha value is -1.04. The maximum Gasteiger partial charge on any atom is 0.245 e. The number of hydrogen-bond acceptors (Lipinski definition) is 4. The largest absolute Gasteiger partial charge is 0.324 e. The van der Waals surface area contributed by atoms with Crippen LogP contribution in [0.4, 0.5) is 5.69 Å². The third kappa shape index (κ3) is 2.80. The van der Waals surface area contributed by atoms with E-state index < -0.39 is 6.04 Å². The Kier molecular flexibility index (Phi) is 3.71. The lowest BCUT2D eigenvalue weighted by molar-refractivity contribution is -0.116. The minimum atomic E-state index is -0.508. The first-order valence-corrected chi connectivity index (χ1v) is 6.54. The fraction of sp³-hybridized carbons (Fsp3) is 0.417. The second kappa shape index (κ2) is 5.08. The number of carbonyl (C=O) groups excluding carboxylic acids is 1. The van der Waals surface area contributed by atoms with E-state index in [0.717, 1.165) is 23.5 Å². The molecule has 17 heavy (non-hydrogen) atoms. The molecule has 1 aromatic rings. The zero-order chi connectivity index (χ0) is 12.4. The third-order valence-corrected chi connectivity index (χ3v) is 3.68. The van der Waals surface area contributed by atoms with Crippen LogP contribution >= 0.6 is 11.8 Å². The summed E-state index contributed by atoms with van der Waals surface area (Å²) < 4.78 is 0. The number of carbonyl (C=O) groups is 1. The molecule has 5 heteroatoms. The molecule has 3 N–H and O–H groups in total. The zero-order valence-electron chi connectivity index (χ0n) is 10.1. The topological polar surface area (TPSA) is 58.4 Å². The van der Waals surface area contributed by atoms with Gasteiger partial charge >= 0.3 is 0 Å². The molecule has 0 fully saturated rings. The molecule has 1 aliphatic heterocycles. The minimum Gasteiger partial charge on any atom is -0.324 e. The summed E-state index contributed by atoms with van der Waals surface area (Å²) in [5, 5.41) is 2.80. The molecule has 0 aliphatic carbocycles. The number of nitrogens with two attached hydrogens (primary N) is 1. The van der Waals surface area contributed by atoms with E-state index in [0.29, 0.717) is 0 Å². The lowest BCUT2D eigenvalue weighted by Crippen LogP contribution is -2.19. The van der Waals surface area contributed by atoms with E-state index in [2.05, 4.69) is 24.3 Å². The summed E-state index contributed by atoms with van der Waals surface area (Å²) in [5.41, 5.74) is 7.51. The maximum atomic E-state index is 11.4. The smallest absolute Gasteiger partial charge is 0.245 e. The van der Waals surface area contributed by atoms with Crippen molar-refractivity contribution in [2.24, 2.45) is 5.73 Å². The first-order chi connectivity index (χ1) is 8.08. The zero-order valence-corrected chi connectivity index (χ0v) is 10.9. The molecule has 0 radical (unpaired) electrons. The van der Waals surface area contributed by atoms with Crippen molar-refractivity contribution in [2.75, 3.05) is 31.7 Å². The maximum absolute atomic E-state index is 11.4. The summed E-state index contributed by atoms with van der Waals surface area (Å²) >= 11 is 1.78. The Morgan fingerprint density at radius 1 is 1.47 bits per heavy atom. The van der Waals surface area contributed by atoms with Gasteiger partial charge in [0.1, 0.15) is 6.04 Å². The van der Waals surface area contributed by atoms with Gasteiger partial charge in [-0.3, -0.25) is 4.79 Å². The number of anilines is 1. The molecule has 1 aromatic carbocycles. The van der Waals surface area contributed by atoms with E-state index in [-0.39, 0.29) is 5.91 Å². The Morgan fingerprint density at radius 3 is 2.94 bits per heavy atom. The minimum absolute atomic E-state index is 0.115. The lowest BCUT2D eigenvalue weighted by atomic mass is 10.1. The number of benzene rings is 1. The van der Waals surface area contributed by atoms with E-state index in [4.69, 9.17) is 5.73 Å². The van der Waals surface area contributed by atoms with Gasteiger partial charge in [0.15, 0.2) is 0 Å². The van der Waals surface area contributed by atoms with Gasteiger partial charge in [0.05, 0.1) is 0 Å². The first kappa shape index (κ1) is 12.4. The van der Waals surface area contributed by atoms with Crippen molar-refractivity contribution in [2.45, 2.75) is 10.9 Å². The number of rotatable bonds is 4. The molecule has 0 saturated heterocycles. The van der Waals surface area contributed by atoms with Crippen LogP contribution in [-0.2, 0) is 4.79 Å². The van der Waals surface area contributed by atoms with Crippen LogP contribution in [0, 0.1) is 0 Å². The molecule has 0 aromatic heterocycles. The van der Waals surface area contributed by atoms with Gasteiger partial charge in [0.2, 0.25) is 5.91 Å². The molecule has 92 valence electrons. The number of nitrogens with one attached hydrogen (secondary N) is 1. The van der Waals surface area contributed by atoms with Gasteiger partial charge in [-0.05, 0) is 26.2 Å². The van der Waals surface area contributed by atoms with Crippen LogP contribution in [0.1, 0.15) is 11.6 Å². The van der Waals surface area contributed by atoms with Crippen molar-refractivity contribution in [1.82, 2.24) is 4.90 Å². The Bertz CT molecular complexity index is 434. The molecule has 4 nitrogen and oxygen atoms in total. The molecule has 1 aliphatic rings. The van der Waals surface area contributed by atoms with Crippen molar-refractivity contribution >= 4 is 23.4 Å². The average molecular weight is 251 g/mol. The Morgan fingerprint density at radius 2 is 2.24 bits per heavy atom. The van der Waals surface area contributed by atoms with Crippen LogP contribution in [0.25, 0.3) is 0 Å². The standard InChI is InChI=1S/C12H17N3OS/c1-15(2)5-6-17-8-3-4-9-10(7-8)14-12(16)11(9)13/h3-4,7,11H,5-6,13H2,1-2H3,(H,14,16). The van der Waals surface area contributed by atoms with E-state index in [1.807, 2.05) is 18.2 Å². The van der Waals surface area contributed by atoms with Gasteiger partial charge < -0.3 is 16.0 Å². The van der Waals surface area contributed by atoms with Gasteiger partial charge in [-0.25, -0.2) is 0 Å². The molecule has 1 unspecified atom stereocenters. The SMILES string of the molecule is CN(C)CCSc1ccc2c(c1)NC(=O)C2N. The lowest BCUT2D eigenvalue weighted by Gasteiger charge is -2.09. The molecule has 1 amide bonds. The predicted molar refractivity (Wildman–Crippen MR) is 71.3 cm³/mol. The van der Waals surface area contributed by atoms with Crippen LogP contribution < -0.4 is 11.1 Å². The summed E-state index contributed by atoms with van der Waals surface area (Å²) in [6.45, 7) is 1.04. The predicted octanol–water partition coefficient (Wildman–Crippen LogP) is 1.29. The highest BCUT2D eigenvalue weighted by Gasteiger charge is 2.26. The van der Waals surface area contributed by atoms with Crippen molar-refractivity contribution < 1.29 is 4.79 Å².